The largest absolute Gasteiger partial charge is 0.415 e. The normalized spacial score (nSPS) is 14.7. The highest BCUT2D eigenvalue weighted by atomic mass is 16.4. The van der Waals surface area contributed by atoms with E-state index in [-0.39, 0.29) is 0 Å². The first-order chi connectivity index (χ1) is 15.2. The highest BCUT2D eigenvalue weighted by molar-refractivity contribution is 5.64. The Hall–Kier alpha value is -3.65. The van der Waals surface area contributed by atoms with E-state index < -0.39 is 0 Å². The van der Waals surface area contributed by atoms with Crippen molar-refractivity contribution in [1.82, 2.24) is 30.0 Å². The maximum Gasteiger partial charge on any atom is 0.268 e. The summed E-state index contributed by atoms with van der Waals surface area (Å²) in [6.07, 6.45) is 3.60. The SMILES string of the molecule is Cc1ncc(-c2ccc(N3CCN(C)CC3)nc2)nc1-c1nnc(-c2ccccc2)o1. The second kappa shape index (κ2) is 8.23. The van der Waals surface area contributed by atoms with Gasteiger partial charge in [0.2, 0.25) is 5.89 Å². The second-order valence-electron chi connectivity index (χ2n) is 7.66. The molecule has 156 valence electrons. The van der Waals surface area contributed by atoms with Crippen LogP contribution >= 0.6 is 0 Å². The molecule has 0 spiro atoms. The van der Waals surface area contributed by atoms with Crippen LogP contribution in [-0.4, -0.2) is 63.3 Å². The van der Waals surface area contributed by atoms with Gasteiger partial charge in [0, 0.05) is 43.5 Å². The molecule has 8 heteroatoms. The average Bonchev–Trinajstić information content (AvgIpc) is 3.31. The van der Waals surface area contributed by atoms with E-state index in [1.165, 1.54) is 0 Å². The van der Waals surface area contributed by atoms with Gasteiger partial charge in [-0.25, -0.2) is 9.97 Å². The number of aryl methyl sites for hydroxylation is 1. The van der Waals surface area contributed by atoms with Crippen LogP contribution in [0.5, 0.6) is 0 Å². The lowest BCUT2D eigenvalue weighted by Gasteiger charge is -2.33. The van der Waals surface area contributed by atoms with Crippen LogP contribution < -0.4 is 4.90 Å². The average molecular weight is 413 g/mol. The number of nitrogens with zero attached hydrogens (tertiary/aromatic N) is 7. The van der Waals surface area contributed by atoms with Gasteiger partial charge in [-0.05, 0) is 38.2 Å². The number of aromatic nitrogens is 5. The van der Waals surface area contributed by atoms with Crippen molar-refractivity contribution < 1.29 is 4.42 Å². The number of piperazine rings is 1. The van der Waals surface area contributed by atoms with Crippen molar-refractivity contribution >= 4 is 5.82 Å². The first-order valence-electron chi connectivity index (χ1n) is 10.3. The predicted molar refractivity (Wildman–Crippen MR) is 118 cm³/mol. The van der Waals surface area contributed by atoms with Crippen molar-refractivity contribution in [3.05, 3.63) is 60.6 Å². The topological polar surface area (TPSA) is 84.1 Å². The Morgan fingerprint density at radius 1 is 0.806 bits per heavy atom. The van der Waals surface area contributed by atoms with Crippen LogP contribution in [0, 0.1) is 6.92 Å². The Labute approximate surface area is 180 Å². The van der Waals surface area contributed by atoms with E-state index in [1.807, 2.05) is 55.6 Å². The number of benzene rings is 1. The van der Waals surface area contributed by atoms with Crippen molar-refractivity contribution in [2.24, 2.45) is 0 Å². The molecule has 1 fully saturated rings. The van der Waals surface area contributed by atoms with Gasteiger partial charge in [-0.2, -0.15) is 0 Å². The Morgan fingerprint density at radius 3 is 2.32 bits per heavy atom. The van der Waals surface area contributed by atoms with Crippen LogP contribution in [0.25, 0.3) is 34.3 Å². The Balaban J connectivity index is 1.41. The standard InChI is InChI=1S/C23H23N7O/c1-16-21(23-28-27-22(31-23)17-6-4-3-5-7-17)26-19(15-24-16)18-8-9-20(25-14-18)30-12-10-29(2)11-13-30/h3-9,14-15H,10-13H2,1-2H3. The van der Waals surface area contributed by atoms with Crippen molar-refractivity contribution in [3.8, 4) is 34.3 Å². The fourth-order valence-corrected chi connectivity index (χ4v) is 3.57. The van der Waals surface area contributed by atoms with Crippen LogP contribution in [-0.2, 0) is 0 Å². The summed E-state index contributed by atoms with van der Waals surface area (Å²) in [6, 6.07) is 13.8. The fourth-order valence-electron chi connectivity index (χ4n) is 3.57. The van der Waals surface area contributed by atoms with E-state index in [9.17, 15) is 0 Å². The van der Waals surface area contributed by atoms with Gasteiger partial charge in [0.25, 0.3) is 5.89 Å². The van der Waals surface area contributed by atoms with Crippen molar-refractivity contribution in [2.45, 2.75) is 6.92 Å². The van der Waals surface area contributed by atoms with E-state index in [4.69, 9.17) is 9.40 Å². The number of hydrogen-bond donors (Lipinski definition) is 0. The van der Waals surface area contributed by atoms with Gasteiger partial charge in [0.1, 0.15) is 11.5 Å². The third-order valence-corrected chi connectivity index (χ3v) is 5.47. The zero-order valence-corrected chi connectivity index (χ0v) is 17.6. The molecule has 8 nitrogen and oxygen atoms in total. The summed E-state index contributed by atoms with van der Waals surface area (Å²) in [5, 5.41) is 8.36. The van der Waals surface area contributed by atoms with Crippen molar-refractivity contribution in [2.75, 3.05) is 38.1 Å². The summed E-state index contributed by atoms with van der Waals surface area (Å²) in [5.41, 5.74) is 3.79. The van der Waals surface area contributed by atoms with Gasteiger partial charge in [-0.3, -0.25) is 4.98 Å². The fraction of sp³-hybridized carbons (Fsp3) is 0.261. The molecule has 31 heavy (non-hydrogen) atoms. The summed E-state index contributed by atoms with van der Waals surface area (Å²) in [6.45, 7) is 5.94. The van der Waals surface area contributed by atoms with Gasteiger partial charge < -0.3 is 14.2 Å². The summed E-state index contributed by atoms with van der Waals surface area (Å²) in [5.74, 6) is 1.80. The molecule has 0 atom stereocenters. The lowest BCUT2D eigenvalue weighted by Crippen LogP contribution is -2.44. The van der Waals surface area contributed by atoms with E-state index >= 15 is 0 Å². The summed E-state index contributed by atoms with van der Waals surface area (Å²) < 4.78 is 5.88. The zero-order chi connectivity index (χ0) is 21.2. The maximum atomic E-state index is 5.88. The van der Waals surface area contributed by atoms with Crippen LogP contribution in [0.2, 0.25) is 0 Å². The van der Waals surface area contributed by atoms with Crippen LogP contribution in [0.15, 0.2) is 59.3 Å². The van der Waals surface area contributed by atoms with Gasteiger partial charge in [0.15, 0.2) is 0 Å². The van der Waals surface area contributed by atoms with Crippen LogP contribution in [0.1, 0.15) is 5.69 Å². The Bertz CT molecular complexity index is 1170. The number of likely N-dealkylation sites (N-methyl/N-ethyl adjacent to an activating group) is 1. The van der Waals surface area contributed by atoms with Crippen LogP contribution in [0.4, 0.5) is 5.82 Å². The number of hydrogen-bond acceptors (Lipinski definition) is 8. The van der Waals surface area contributed by atoms with E-state index in [0.29, 0.717) is 17.5 Å². The number of anilines is 1. The summed E-state index contributed by atoms with van der Waals surface area (Å²) in [4.78, 5) is 18.5. The van der Waals surface area contributed by atoms with Gasteiger partial charge in [-0.1, -0.05) is 18.2 Å². The zero-order valence-electron chi connectivity index (χ0n) is 17.6. The lowest BCUT2D eigenvalue weighted by atomic mass is 10.2. The second-order valence-corrected chi connectivity index (χ2v) is 7.66. The molecule has 1 aromatic carbocycles. The molecule has 0 amide bonds. The first-order valence-corrected chi connectivity index (χ1v) is 10.3. The molecular formula is C23H23N7O. The number of pyridine rings is 1. The highest BCUT2D eigenvalue weighted by Crippen LogP contribution is 2.27. The lowest BCUT2D eigenvalue weighted by molar-refractivity contribution is 0.312. The van der Waals surface area contributed by atoms with Gasteiger partial charge in [-0.15, -0.1) is 10.2 Å². The van der Waals surface area contributed by atoms with E-state index in [0.717, 1.165) is 54.5 Å². The van der Waals surface area contributed by atoms with Gasteiger partial charge in [0.05, 0.1) is 17.6 Å². The molecular weight excluding hydrogens is 390 g/mol. The quantitative estimate of drug-likeness (QED) is 0.504. The minimum Gasteiger partial charge on any atom is -0.415 e. The molecule has 4 heterocycles. The van der Waals surface area contributed by atoms with Gasteiger partial charge >= 0.3 is 0 Å². The molecule has 1 saturated heterocycles. The Morgan fingerprint density at radius 2 is 1.58 bits per heavy atom. The molecule has 0 N–H and O–H groups in total. The molecule has 5 rings (SSSR count). The van der Waals surface area contributed by atoms with Crippen molar-refractivity contribution in [1.29, 1.82) is 0 Å². The van der Waals surface area contributed by atoms with Crippen LogP contribution in [0.3, 0.4) is 0 Å². The molecule has 1 aliphatic heterocycles. The monoisotopic (exact) mass is 413 g/mol. The maximum absolute atomic E-state index is 5.88. The minimum atomic E-state index is 0.354. The summed E-state index contributed by atoms with van der Waals surface area (Å²) >= 11 is 0. The molecule has 0 aliphatic carbocycles. The summed E-state index contributed by atoms with van der Waals surface area (Å²) in [7, 11) is 2.15. The first kappa shape index (κ1) is 19.3. The minimum absolute atomic E-state index is 0.354. The highest BCUT2D eigenvalue weighted by Gasteiger charge is 2.18. The molecule has 0 bridgehead atoms. The molecule has 0 radical (unpaired) electrons. The number of rotatable bonds is 4. The van der Waals surface area contributed by atoms with E-state index in [2.05, 4.69) is 37.0 Å². The molecule has 0 saturated carbocycles. The predicted octanol–water partition coefficient (Wildman–Crippen LogP) is 3.32. The Kier molecular flexibility index (Phi) is 5.13. The third kappa shape index (κ3) is 4.02. The van der Waals surface area contributed by atoms with Crippen molar-refractivity contribution in [3.63, 3.8) is 0 Å². The van der Waals surface area contributed by atoms with E-state index in [1.54, 1.807) is 6.20 Å². The molecule has 1 aliphatic rings. The smallest absolute Gasteiger partial charge is 0.268 e. The molecule has 4 aromatic rings. The third-order valence-electron chi connectivity index (χ3n) is 5.47. The molecule has 3 aromatic heterocycles. The molecule has 0 unspecified atom stereocenters.